The Kier molecular flexibility index (Phi) is 3.65. The van der Waals surface area contributed by atoms with Gasteiger partial charge in [0, 0.05) is 24.9 Å². The highest BCUT2D eigenvalue weighted by Gasteiger charge is 2.35. The van der Waals surface area contributed by atoms with Crippen LogP contribution in [0.25, 0.3) is 0 Å². The van der Waals surface area contributed by atoms with E-state index in [9.17, 15) is 9.59 Å². The lowest BCUT2D eigenvalue weighted by Gasteiger charge is -2.18. The van der Waals surface area contributed by atoms with Crippen LogP contribution in [0.4, 0.5) is 0 Å². The third kappa shape index (κ3) is 2.82. The number of carbonyl (C=O) groups excluding carboxylic acids is 1. The van der Waals surface area contributed by atoms with Crippen molar-refractivity contribution < 1.29 is 14.7 Å². The van der Waals surface area contributed by atoms with E-state index in [1.165, 1.54) is 13.8 Å². The maximum absolute atomic E-state index is 11.5. The minimum Gasteiger partial charge on any atom is -0.480 e. The number of aromatic amines is 1. The first-order chi connectivity index (χ1) is 7.44. The second-order valence-electron chi connectivity index (χ2n) is 4.01. The highest BCUT2D eigenvalue weighted by molar-refractivity contribution is 6.00. The molecule has 0 saturated carbocycles. The summed E-state index contributed by atoms with van der Waals surface area (Å²) in [4.78, 5) is 29.0. The molecule has 6 heteroatoms. The molecule has 0 spiro atoms. The molecular weight excluding hydrogens is 210 g/mol. The number of amides is 1. The maximum Gasteiger partial charge on any atom is 0.318 e. The smallest absolute Gasteiger partial charge is 0.318 e. The van der Waals surface area contributed by atoms with Crippen LogP contribution in [0.3, 0.4) is 0 Å². The number of hydrogen-bond donors (Lipinski definition) is 3. The van der Waals surface area contributed by atoms with Crippen LogP contribution >= 0.6 is 0 Å². The zero-order valence-corrected chi connectivity index (χ0v) is 9.28. The van der Waals surface area contributed by atoms with Crippen molar-refractivity contribution >= 4 is 11.9 Å². The summed E-state index contributed by atoms with van der Waals surface area (Å²) in [5.74, 6) is -1.62. The SMILES string of the molecule is CC(C)(C(=O)O)C(=O)NCCc1cnc[nH]1. The van der Waals surface area contributed by atoms with Crippen molar-refractivity contribution in [1.29, 1.82) is 0 Å². The van der Waals surface area contributed by atoms with Crippen molar-refractivity contribution in [1.82, 2.24) is 15.3 Å². The Morgan fingerprint density at radius 3 is 2.75 bits per heavy atom. The fourth-order valence-electron chi connectivity index (χ4n) is 1.05. The van der Waals surface area contributed by atoms with E-state index in [0.29, 0.717) is 13.0 Å². The minimum atomic E-state index is -1.39. The van der Waals surface area contributed by atoms with Crippen LogP contribution in [0.15, 0.2) is 12.5 Å². The van der Waals surface area contributed by atoms with Gasteiger partial charge in [0.2, 0.25) is 5.91 Å². The third-order valence-corrected chi connectivity index (χ3v) is 2.34. The van der Waals surface area contributed by atoms with Gasteiger partial charge in [0.05, 0.1) is 6.33 Å². The van der Waals surface area contributed by atoms with Crippen LogP contribution in [-0.2, 0) is 16.0 Å². The largest absolute Gasteiger partial charge is 0.480 e. The second-order valence-corrected chi connectivity index (χ2v) is 4.01. The van der Waals surface area contributed by atoms with Gasteiger partial charge < -0.3 is 15.4 Å². The molecule has 88 valence electrons. The first-order valence-corrected chi connectivity index (χ1v) is 4.93. The van der Waals surface area contributed by atoms with E-state index >= 15 is 0 Å². The van der Waals surface area contributed by atoms with E-state index in [1.54, 1.807) is 12.5 Å². The van der Waals surface area contributed by atoms with Gasteiger partial charge in [0.15, 0.2) is 0 Å². The number of rotatable bonds is 5. The quantitative estimate of drug-likeness (QED) is 0.623. The number of nitrogens with zero attached hydrogens (tertiary/aromatic N) is 1. The van der Waals surface area contributed by atoms with E-state index in [-0.39, 0.29) is 0 Å². The second kappa shape index (κ2) is 4.78. The van der Waals surface area contributed by atoms with Gasteiger partial charge in [-0.25, -0.2) is 4.98 Å². The molecule has 0 unspecified atom stereocenters. The number of imidazole rings is 1. The lowest BCUT2D eigenvalue weighted by atomic mass is 9.93. The van der Waals surface area contributed by atoms with E-state index in [0.717, 1.165) is 5.69 Å². The van der Waals surface area contributed by atoms with Crippen LogP contribution in [0, 0.1) is 5.41 Å². The van der Waals surface area contributed by atoms with Crippen LogP contribution in [0.2, 0.25) is 0 Å². The minimum absolute atomic E-state index is 0.387. The van der Waals surface area contributed by atoms with E-state index in [2.05, 4.69) is 15.3 Å². The highest BCUT2D eigenvalue weighted by atomic mass is 16.4. The maximum atomic E-state index is 11.5. The van der Waals surface area contributed by atoms with E-state index in [1.807, 2.05) is 0 Å². The van der Waals surface area contributed by atoms with Crippen molar-refractivity contribution in [2.45, 2.75) is 20.3 Å². The standard InChI is InChI=1S/C10H15N3O3/c1-10(2,9(15)16)8(14)12-4-3-7-5-11-6-13-7/h5-6H,3-4H2,1-2H3,(H,11,13)(H,12,14)(H,15,16). The van der Waals surface area contributed by atoms with E-state index < -0.39 is 17.3 Å². The van der Waals surface area contributed by atoms with Crippen molar-refractivity contribution in [3.05, 3.63) is 18.2 Å². The predicted octanol–water partition coefficient (Wildman–Crippen LogP) is 0.179. The topological polar surface area (TPSA) is 95.1 Å². The predicted molar refractivity (Wildman–Crippen MR) is 56.7 cm³/mol. The van der Waals surface area contributed by atoms with Gasteiger partial charge in [-0.1, -0.05) is 0 Å². The molecule has 0 atom stereocenters. The molecule has 6 nitrogen and oxygen atoms in total. The van der Waals surface area contributed by atoms with Crippen LogP contribution in [0.5, 0.6) is 0 Å². The Morgan fingerprint density at radius 2 is 2.25 bits per heavy atom. The molecule has 16 heavy (non-hydrogen) atoms. The molecule has 0 saturated heterocycles. The first-order valence-electron chi connectivity index (χ1n) is 4.93. The molecule has 0 fully saturated rings. The van der Waals surface area contributed by atoms with Crippen LogP contribution in [-0.4, -0.2) is 33.5 Å². The molecule has 1 amide bonds. The van der Waals surface area contributed by atoms with Crippen molar-refractivity contribution in [2.75, 3.05) is 6.54 Å². The Balaban J connectivity index is 2.39. The molecule has 3 N–H and O–H groups in total. The summed E-state index contributed by atoms with van der Waals surface area (Å²) >= 11 is 0. The summed E-state index contributed by atoms with van der Waals surface area (Å²) in [6, 6.07) is 0. The number of carboxylic acids is 1. The Bertz CT molecular complexity index is 371. The lowest BCUT2D eigenvalue weighted by molar-refractivity contribution is -0.153. The Labute approximate surface area is 93.1 Å². The van der Waals surface area contributed by atoms with Gasteiger partial charge in [-0.3, -0.25) is 9.59 Å². The molecule has 1 aromatic rings. The summed E-state index contributed by atoms with van der Waals surface area (Å²) in [7, 11) is 0. The van der Waals surface area contributed by atoms with Gasteiger partial charge in [0.25, 0.3) is 0 Å². The number of carbonyl (C=O) groups is 2. The van der Waals surface area contributed by atoms with Crippen molar-refractivity contribution in [3.8, 4) is 0 Å². The fraction of sp³-hybridized carbons (Fsp3) is 0.500. The van der Waals surface area contributed by atoms with Gasteiger partial charge in [-0.2, -0.15) is 0 Å². The number of aliphatic carboxylic acids is 1. The third-order valence-electron chi connectivity index (χ3n) is 2.34. The van der Waals surface area contributed by atoms with E-state index in [4.69, 9.17) is 5.11 Å². The molecule has 0 aromatic carbocycles. The molecule has 0 aliphatic heterocycles. The summed E-state index contributed by atoms with van der Waals surface area (Å²) in [6.45, 7) is 3.14. The molecule has 0 bridgehead atoms. The molecule has 0 aliphatic rings. The van der Waals surface area contributed by atoms with Gasteiger partial charge >= 0.3 is 5.97 Å². The summed E-state index contributed by atoms with van der Waals surface area (Å²) < 4.78 is 0. The van der Waals surface area contributed by atoms with Gasteiger partial charge in [-0.05, 0) is 13.8 Å². The zero-order valence-electron chi connectivity index (χ0n) is 9.28. The first kappa shape index (κ1) is 12.2. The molecule has 1 rings (SSSR count). The number of hydrogen-bond acceptors (Lipinski definition) is 3. The fourth-order valence-corrected chi connectivity index (χ4v) is 1.05. The summed E-state index contributed by atoms with van der Waals surface area (Å²) in [6.07, 6.45) is 3.81. The zero-order chi connectivity index (χ0) is 12.2. The molecule has 0 radical (unpaired) electrons. The Hall–Kier alpha value is -1.85. The van der Waals surface area contributed by atoms with Crippen molar-refractivity contribution in [2.24, 2.45) is 5.41 Å². The Morgan fingerprint density at radius 1 is 1.56 bits per heavy atom. The van der Waals surface area contributed by atoms with Crippen molar-refractivity contribution in [3.63, 3.8) is 0 Å². The molecule has 0 aliphatic carbocycles. The molecule has 1 aromatic heterocycles. The van der Waals surface area contributed by atoms with Gasteiger partial charge in [0.1, 0.15) is 5.41 Å². The molecular formula is C10H15N3O3. The van der Waals surface area contributed by atoms with Crippen LogP contribution < -0.4 is 5.32 Å². The number of nitrogens with one attached hydrogen (secondary N) is 2. The molecule has 1 heterocycles. The lowest BCUT2D eigenvalue weighted by Crippen LogP contribution is -2.43. The number of H-pyrrole nitrogens is 1. The highest BCUT2D eigenvalue weighted by Crippen LogP contribution is 2.14. The monoisotopic (exact) mass is 225 g/mol. The summed E-state index contributed by atoms with van der Waals surface area (Å²) in [5, 5.41) is 11.4. The normalized spacial score (nSPS) is 11.1. The average Bonchev–Trinajstić information content (AvgIpc) is 2.70. The summed E-state index contributed by atoms with van der Waals surface area (Å²) in [5.41, 5.74) is -0.498. The number of carboxylic acid groups (broad SMARTS) is 1. The van der Waals surface area contributed by atoms with Gasteiger partial charge in [-0.15, -0.1) is 0 Å². The number of aromatic nitrogens is 2. The van der Waals surface area contributed by atoms with Crippen LogP contribution in [0.1, 0.15) is 19.5 Å². The average molecular weight is 225 g/mol.